The SMILES string of the molecule is Cc1ccc2c(c1)N(CC(=O)N1CCN([C@H](C#N)C(C)C)CC1)C[C@H](C)O2. The molecule has 0 N–H and O–H groups in total. The number of carbonyl (C=O) groups is 1. The topological polar surface area (TPSA) is 59.8 Å². The van der Waals surface area contributed by atoms with Gasteiger partial charge in [-0.1, -0.05) is 19.9 Å². The maximum Gasteiger partial charge on any atom is 0.242 e. The van der Waals surface area contributed by atoms with E-state index in [-0.39, 0.29) is 18.1 Å². The van der Waals surface area contributed by atoms with Crippen molar-refractivity contribution in [1.82, 2.24) is 9.80 Å². The molecule has 6 nitrogen and oxygen atoms in total. The highest BCUT2D eigenvalue weighted by atomic mass is 16.5. The lowest BCUT2D eigenvalue weighted by Gasteiger charge is -2.40. The highest BCUT2D eigenvalue weighted by molar-refractivity contribution is 5.82. The number of benzene rings is 1. The van der Waals surface area contributed by atoms with Crippen LogP contribution >= 0.6 is 0 Å². The van der Waals surface area contributed by atoms with E-state index in [1.165, 1.54) is 0 Å². The molecule has 27 heavy (non-hydrogen) atoms. The van der Waals surface area contributed by atoms with Crippen LogP contribution in [0.4, 0.5) is 5.69 Å². The first-order chi connectivity index (χ1) is 12.9. The summed E-state index contributed by atoms with van der Waals surface area (Å²) in [6.07, 6.45) is 0.0623. The molecule has 0 spiro atoms. The van der Waals surface area contributed by atoms with Gasteiger partial charge in [0.05, 0.1) is 24.8 Å². The molecule has 1 aromatic carbocycles. The zero-order chi connectivity index (χ0) is 19.6. The molecule has 2 aliphatic heterocycles. The van der Waals surface area contributed by atoms with Crippen molar-refractivity contribution in [2.45, 2.75) is 39.8 Å². The summed E-state index contributed by atoms with van der Waals surface area (Å²) in [7, 11) is 0. The molecule has 0 radical (unpaired) electrons. The predicted molar refractivity (Wildman–Crippen MR) is 106 cm³/mol. The zero-order valence-electron chi connectivity index (χ0n) is 16.8. The van der Waals surface area contributed by atoms with E-state index < -0.39 is 0 Å². The summed E-state index contributed by atoms with van der Waals surface area (Å²) in [4.78, 5) is 19.2. The van der Waals surface area contributed by atoms with Crippen molar-refractivity contribution < 1.29 is 9.53 Å². The van der Waals surface area contributed by atoms with Crippen LogP contribution in [-0.4, -0.2) is 67.1 Å². The van der Waals surface area contributed by atoms with Gasteiger partial charge >= 0.3 is 0 Å². The second kappa shape index (κ2) is 8.18. The number of nitrogens with zero attached hydrogens (tertiary/aromatic N) is 4. The summed E-state index contributed by atoms with van der Waals surface area (Å²) >= 11 is 0. The third-order valence-electron chi connectivity index (χ3n) is 5.41. The third kappa shape index (κ3) is 4.36. The van der Waals surface area contributed by atoms with Gasteiger partial charge in [-0.2, -0.15) is 5.26 Å². The van der Waals surface area contributed by atoms with E-state index in [1.54, 1.807) is 0 Å². The molecule has 6 heteroatoms. The van der Waals surface area contributed by atoms with Gasteiger partial charge in [-0.15, -0.1) is 0 Å². The number of anilines is 1. The Bertz CT molecular complexity index is 719. The summed E-state index contributed by atoms with van der Waals surface area (Å²) in [6.45, 7) is 12.2. The monoisotopic (exact) mass is 370 g/mol. The first-order valence-electron chi connectivity index (χ1n) is 9.82. The largest absolute Gasteiger partial charge is 0.487 e. The summed E-state index contributed by atoms with van der Waals surface area (Å²) in [5.41, 5.74) is 2.17. The number of hydrogen-bond donors (Lipinski definition) is 0. The van der Waals surface area contributed by atoms with E-state index in [0.717, 1.165) is 30.1 Å². The maximum atomic E-state index is 12.9. The number of piperazine rings is 1. The molecule has 2 aliphatic rings. The minimum atomic E-state index is -0.0720. The van der Waals surface area contributed by atoms with Gasteiger partial charge in [0.1, 0.15) is 17.9 Å². The normalized spacial score (nSPS) is 21.4. The Morgan fingerprint density at radius 2 is 2.00 bits per heavy atom. The highest BCUT2D eigenvalue weighted by Crippen LogP contribution is 2.34. The van der Waals surface area contributed by atoms with Crippen LogP contribution in [0.5, 0.6) is 5.75 Å². The molecule has 1 fully saturated rings. The van der Waals surface area contributed by atoms with Crippen LogP contribution in [0, 0.1) is 24.2 Å². The summed E-state index contributed by atoms with van der Waals surface area (Å²) < 4.78 is 5.92. The molecule has 3 rings (SSSR count). The fraction of sp³-hybridized carbons (Fsp3) is 0.619. The number of nitriles is 1. The fourth-order valence-corrected chi connectivity index (χ4v) is 3.95. The van der Waals surface area contributed by atoms with Crippen LogP contribution in [0.1, 0.15) is 26.3 Å². The van der Waals surface area contributed by atoms with Gasteiger partial charge in [-0.25, -0.2) is 0 Å². The van der Waals surface area contributed by atoms with Gasteiger partial charge in [0.2, 0.25) is 5.91 Å². The van der Waals surface area contributed by atoms with E-state index in [0.29, 0.717) is 32.1 Å². The number of ether oxygens (including phenoxy) is 1. The smallest absolute Gasteiger partial charge is 0.242 e. The lowest BCUT2D eigenvalue weighted by molar-refractivity contribution is -0.131. The Morgan fingerprint density at radius 3 is 2.63 bits per heavy atom. The van der Waals surface area contributed by atoms with Gasteiger partial charge < -0.3 is 14.5 Å². The van der Waals surface area contributed by atoms with Crippen molar-refractivity contribution >= 4 is 11.6 Å². The Hall–Kier alpha value is -2.26. The Balaban J connectivity index is 1.62. The Morgan fingerprint density at radius 1 is 1.30 bits per heavy atom. The molecule has 1 amide bonds. The van der Waals surface area contributed by atoms with Gasteiger partial charge in [-0.05, 0) is 37.5 Å². The van der Waals surface area contributed by atoms with E-state index >= 15 is 0 Å². The van der Waals surface area contributed by atoms with E-state index in [9.17, 15) is 10.1 Å². The minimum absolute atomic E-state index is 0.0623. The third-order valence-corrected chi connectivity index (χ3v) is 5.41. The van der Waals surface area contributed by atoms with Gasteiger partial charge in [0.25, 0.3) is 0 Å². The lowest BCUT2D eigenvalue weighted by atomic mass is 10.0. The predicted octanol–water partition coefficient (Wildman–Crippen LogP) is 2.27. The Labute approximate surface area is 162 Å². The van der Waals surface area contributed by atoms with Crippen molar-refractivity contribution in [3.63, 3.8) is 0 Å². The summed E-state index contributed by atoms with van der Waals surface area (Å²) in [5.74, 6) is 1.30. The van der Waals surface area contributed by atoms with Crippen molar-refractivity contribution in [3.05, 3.63) is 23.8 Å². The molecule has 0 aromatic heterocycles. The quantitative estimate of drug-likeness (QED) is 0.814. The molecule has 1 saturated heterocycles. The van der Waals surface area contributed by atoms with E-state index in [4.69, 9.17) is 4.74 Å². The number of fused-ring (bicyclic) bond motifs is 1. The number of rotatable bonds is 4. The number of aryl methyl sites for hydroxylation is 1. The second-order valence-corrected chi connectivity index (χ2v) is 8.01. The first kappa shape index (κ1) is 19.5. The van der Waals surface area contributed by atoms with Crippen LogP contribution in [0.2, 0.25) is 0 Å². The number of amides is 1. The van der Waals surface area contributed by atoms with Crippen LogP contribution in [0.25, 0.3) is 0 Å². The molecule has 146 valence electrons. The lowest BCUT2D eigenvalue weighted by Crippen LogP contribution is -2.55. The van der Waals surface area contributed by atoms with Crippen molar-refractivity contribution in [3.8, 4) is 11.8 Å². The fourth-order valence-electron chi connectivity index (χ4n) is 3.95. The molecule has 2 heterocycles. The average Bonchev–Trinajstić information content (AvgIpc) is 2.63. The molecule has 0 unspecified atom stereocenters. The number of hydrogen-bond acceptors (Lipinski definition) is 5. The molecule has 2 atom stereocenters. The number of carbonyl (C=O) groups excluding carboxylic acids is 1. The Kier molecular flexibility index (Phi) is 5.91. The van der Waals surface area contributed by atoms with E-state index in [2.05, 4.69) is 42.7 Å². The van der Waals surface area contributed by atoms with Gasteiger partial charge in [0, 0.05) is 26.2 Å². The first-order valence-corrected chi connectivity index (χ1v) is 9.82. The van der Waals surface area contributed by atoms with Gasteiger partial charge in [0.15, 0.2) is 0 Å². The second-order valence-electron chi connectivity index (χ2n) is 8.01. The molecule has 1 aromatic rings. The van der Waals surface area contributed by atoms with Crippen LogP contribution < -0.4 is 9.64 Å². The van der Waals surface area contributed by atoms with Crippen LogP contribution in [-0.2, 0) is 4.79 Å². The molecular weight excluding hydrogens is 340 g/mol. The average molecular weight is 370 g/mol. The van der Waals surface area contributed by atoms with E-state index in [1.807, 2.05) is 24.0 Å². The summed E-state index contributed by atoms with van der Waals surface area (Å²) in [6, 6.07) is 8.45. The molecular formula is C21H30N4O2. The van der Waals surface area contributed by atoms with Crippen molar-refractivity contribution in [1.29, 1.82) is 5.26 Å². The summed E-state index contributed by atoms with van der Waals surface area (Å²) in [5, 5.41) is 9.39. The highest BCUT2D eigenvalue weighted by Gasteiger charge is 2.30. The maximum absolute atomic E-state index is 12.9. The minimum Gasteiger partial charge on any atom is -0.487 e. The van der Waals surface area contributed by atoms with Crippen LogP contribution in [0.3, 0.4) is 0 Å². The molecule has 0 aliphatic carbocycles. The van der Waals surface area contributed by atoms with Crippen molar-refractivity contribution in [2.24, 2.45) is 5.92 Å². The van der Waals surface area contributed by atoms with Crippen LogP contribution in [0.15, 0.2) is 18.2 Å². The van der Waals surface area contributed by atoms with Crippen molar-refractivity contribution in [2.75, 3.05) is 44.2 Å². The standard InChI is InChI=1S/C21H30N4O2/c1-15(2)19(12-22)23-7-9-24(10-8-23)21(26)14-25-13-17(4)27-20-6-5-16(3)11-18(20)25/h5-6,11,15,17,19H,7-10,13-14H2,1-4H3/t17-,19+/m0/s1. The molecule has 0 bridgehead atoms. The molecule has 0 saturated carbocycles. The van der Waals surface area contributed by atoms with Gasteiger partial charge in [-0.3, -0.25) is 9.69 Å². The zero-order valence-corrected chi connectivity index (χ0v) is 16.8.